The van der Waals surface area contributed by atoms with Gasteiger partial charge in [-0.05, 0) is 33.2 Å². The Kier molecular flexibility index (Phi) is 5.93. The Morgan fingerprint density at radius 2 is 2.29 bits per heavy atom. The van der Waals surface area contributed by atoms with Gasteiger partial charge in [-0.25, -0.2) is 4.79 Å². The van der Waals surface area contributed by atoms with Crippen molar-refractivity contribution in [3.8, 4) is 0 Å². The Labute approximate surface area is 101 Å². The highest BCUT2D eigenvalue weighted by Gasteiger charge is 2.21. The summed E-state index contributed by atoms with van der Waals surface area (Å²) in [5, 5.41) is 7.94. The van der Waals surface area contributed by atoms with Crippen LogP contribution >= 0.6 is 0 Å². The molecule has 1 saturated heterocycles. The zero-order valence-electron chi connectivity index (χ0n) is 10.4. The largest absolute Gasteiger partial charge is 0.364 e. The van der Waals surface area contributed by atoms with Crippen LogP contribution in [0.2, 0.25) is 0 Å². The minimum atomic E-state index is -0.609. The molecule has 3 N–H and O–H groups in total. The molecule has 0 aromatic heterocycles. The van der Waals surface area contributed by atoms with E-state index >= 15 is 0 Å². The SMILES string of the molecule is CCNC(=O)NC(=O)C(C)O[C@H]1CCCNC1. The number of hydrogen-bond donors (Lipinski definition) is 3. The summed E-state index contributed by atoms with van der Waals surface area (Å²) < 4.78 is 5.58. The van der Waals surface area contributed by atoms with E-state index in [9.17, 15) is 9.59 Å². The molecule has 0 bridgehead atoms. The quantitative estimate of drug-likeness (QED) is 0.649. The Balaban J connectivity index is 2.28. The van der Waals surface area contributed by atoms with Gasteiger partial charge in [0.05, 0.1) is 6.10 Å². The zero-order chi connectivity index (χ0) is 12.7. The lowest BCUT2D eigenvalue weighted by molar-refractivity contribution is -0.134. The fourth-order valence-electron chi connectivity index (χ4n) is 1.70. The topological polar surface area (TPSA) is 79.5 Å². The third kappa shape index (κ3) is 5.14. The van der Waals surface area contributed by atoms with E-state index in [0.29, 0.717) is 6.54 Å². The predicted octanol–water partition coefficient (Wildman–Crippen LogP) is -0.0108. The average molecular weight is 243 g/mol. The van der Waals surface area contributed by atoms with Crippen LogP contribution < -0.4 is 16.0 Å². The summed E-state index contributed by atoms with van der Waals surface area (Å²) in [4.78, 5) is 22.7. The van der Waals surface area contributed by atoms with E-state index < -0.39 is 18.0 Å². The van der Waals surface area contributed by atoms with Crippen LogP contribution in [0, 0.1) is 0 Å². The maximum atomic E-state index is 11.6. The molecule has 98 valence electrons. The summed E-state index contributed by atoms with van der Waals surface area (Å²) >= 11 is 0. The number of ether oxygens (including phenoxy) is 1. The van der Waals surface area contributed by atoms with E-state index in [1.807, 2.05) is 0 Å². The maximum absolute atomic E-state index is 11.6. The molecular formula is C11H21N3O3. The van der Waals surface area contributed by atoms with Crippen molar-refractivity contribution in [2.45, 2.75) is 38.9 Å². The van der Waals surface area contributed by atoms with Gasteiger partial charge in [0.2, 0.25) is 0 Å². The van der Waals surface area contributed by atoms with Crippen LogP contribution in [0.4, 0.5) is 4.79 Å². The highest BCUT2D eigenvalue weighted by molar-refractivity contribution is 5.96. The Hall–Kier alpha value is -1.14. The minimum absolute atomic E-state index is 0.0544. The van der Waals surface area contributed by atoms with E-state index in [0.717, 1.165) is 25.9 Å². The van der Waals surface area contributed by atoms with E-state index in [2.05, 4.69) is 16.0 Å². The van der Waals surface area contributed by atoms with Crippen molar-refractivity contribution in [2.24, 2.45) is 0 Å². The molecule has 1 aliphatic heterocycles. The van der Waals surface area contributed by atoms with Crippen molar-refractivity contribution in [2.75, 3.05) is 19.6 Å². The molecule has 0 aliphatic carbocycles. The summed E-state index contributed by atoms with van der Waals surface area (Å²) in [5.74, 6) is -0.401. The van der Waals surface area contributed by atoms with Crippen molar-refractivity contribution in [1.29, 1.82) is 0 Å². The monoisotopic (exact) mass is 243 g/mol. The smallest absolute Gasteiger partial charge is 0.321 e. The molecule has 6 nitrogen and oxygen atoms in total. The fraction of sp³-hybridized carbons (Fsp3) is 0.818. The van der Waals surface area contributed by atoms with Crippen LogP contribution in [0.25, 0.3) is 0 Å². The highest BCUT2D eigenvalue weighted by atomic mass is 16.5. The van der Waals surface area contributed by atoms with Crippen LogP contribution in [0.3, 0.4) is 0 Å². The molecule has 17 heavy (non-hydrogen) atoms. The molecule has 0 spiro atoms. The van der Waals surface area contributed by atoms with E-state index in [-0.39, 0.29) is 6.10 Å². The molecule has 1 unspecified atom stereocenters. The van der Waals surface area contributed by atoms with Crippen LogP contribution in [0.1, 0.15) is 26.7 Å². The second-order valence-corrected chi connectivity index (χ2v) is 4.10. The summed E-state index contributed by atoms with van der Waals surface area (Å²) in [7, 11) is 0. The van der Waals surface area contributed by atoms with E-state index in [1.54, 1.807) is 13.8 Å². The molecule has 0 radical (unpaired) electrons. The standard InChI is InChI=1S/C11H21N3O3/c1-3-13-11(16)14-10(15)8(2)17-9-5-4-6-12-7-9/h8-9,12H,3-7H2,1-2H3,(H2,13,14,15,16)/t8?,9-/m0/s1. The lowest BCUT2D eigenvalue weighted by Crippen LogP contribution is -2.46. The number of rotatable bonds is 4. The van der Waals surface area contributed by atoms with Crippen molar-refractivity contribution in [1.82, 2.24) is 16.0 Å². The average Bonchev–Trinajstić information content (AvgIpc) is 2.30. The Morgan fingerprint density at radius 3 is 2.88 bits per heavy atom. The van der Waals surface area contributed by atoms with Gasteiger partial charge in [0.1, 0.15) is 6.10 Å². The molecule has 1 fully saturated rings. The van der Waals surface area contributed by atoms with Gasteiger partial charge < -0.3 is 15.4 Å². The normalized spacial score (nSPS) is 21.6. The molecule has 1 heterocycles. The van der Waals surface area contributed by atoms with Crippen molar-refractivity contribution < 1.29 is 14.3 Å². The molecule has 0 aromatic carbocycles. The first-order valence-corrected chi connectivity index (χ1v) is 6.08. The van der Waals surface area contributed by atoms with E-state index in [4.69, 9.17) is 4.74 Å². The number of hydrogen-bond acceptors (Lipinski definition) is 4. The van der Waals surface area contributed by atoms with Crippen molar-refractivity contribution in [3.05, 3.63) is 0 Å². The fourth-order valence-corrected chi connectivity index (χ4v) is 1.70. The van der Waals surface area contributed by atoms with Gasteiger partial charge in [0.25, 0.3) is 5.91 Å². The molecule has 2 atom stereocenters. The van der Waals surface area contributed by atoms with Gasteiger partial charge >= 0.3 is 6.03 Å². The third-order valence-corrected chi connectivity index (χ3v) is 2.59. The van der Waals surface area contributed by atoms with Crippen molar-refractivity contribution in [3.63, 3.8) is 0 Å². The number of piperidine rings is 1. The lowest BCUT2D eigenvalue weighted by Gasteiger charge is -2.25. The van der Waals surface area contributed by atoms with Gasteiger partial charge in [-0.2, -0.15) is 0 Å². The van der Waals surface area contributed by atoms with Gasteiger partial charge in [0, 0.05) is 13.1 Å². The van der Waals surface area contributed by atoms with Crippen LogP contribution in [0.15, 0.2) is 0 Å². The molecule has 1 aliphatic rings. The van der Waals surface area contributed by atoms with Crippen LogP contribution in [-0.2, 0) is 9.53 Å². The van der Waals surface area contributed by atoms with Gasteiger partial charge in [-0.1, -0.05) is 0 Å². The number of carbonyl (C=O) groups is 2. The third-order valence-electron chi connectivity index (χ3n) is 2.59. The Bertz CT molecular complexity index is 265. The highest BCUT2D eigenvalue weighted by Crippen LogP contribution is 2.08. The number of urea groups is 1. The number of carbonyl (C=O) groups excluding carboxylic acids is 2. The number of imide groups is 1. The second kappa shape index (κ2) is 7.24. The van der Waals surface area contributed by atoms with Crippen LogP contribution in [-0.4, -0.2) is 43.8 Å². The lowest BCUT2D eigenvalue weighted by atomic mass is 10.1. The first-order chi connectivity index (χ1) is 8.13. The molecule has 0 aromatic rings. The Morgan fingerprint density at radius 1 is 1.53 bits per heavy atom. The molecule has 3 amide bonds. The second-order valence-electron chi connectivity index (χ2n) is 4.10. The molecule has 1 rings (SSSR count). The van der Waals surface area contributed by atoms with Crippen molar-refractivity contribution >= 4 is 11.9 Å². The summed E-state index contributed by atoms with van der Waals surface area (Å²) in [5.41, 5.74) is 0. The number of nitrogens with one attached hydrogen (secondary N) is 3. The van der Waals surface area contributed by atoms with E-state index in [1.165, 1.54) is 0 Å². The van der Waals surface area contributed by atoms with Crippen LogP contribution in [0.5, 0.6) is 0 Å². The maximum Gasteiger partial charge on any atom is 0.321 e. The molecule has 0 saturated carbocycles. The molecular weight excluding hydrogens is 222 g/mol. The zero-order valence-corrected chi connectivity index (χ0v) is 10.4. The summed E-state index contributed by atoms with van der Waals surface area (Å²) in [6.45, 7) is 5.69. The summed E-state index contributed by atoms with van der Waals surface area (Å²) in [6.07, 6.45) is 1.45. The number of amides is 3. The predicted molar refractivity (Wildman–Crippen MR) is 63.7 cm³/mol. The first kappa shape index (κ1) is 13.9. The van der Waals surface area contributed by atoms with Gasteiger partial charge in [0.15, 0.2) is 0 Å². The van der Waals surface area contributed by atoms with Gasteiger partial charge in [-0.3, -0.25) is 10.1 Å². The minimum Gasteiger partial charge on any atom is -0.364 e. The summed E-state index contributed by atoms with van der Waals surface area (Å²) in [6, 6.07) is -0.477. The first-order valence-electron chi connectivity index (χ1n) is 6.08. The van der Waals surface area contributed by atoms with Gasteiger partial charge in [-0.15, -0.1) is 0 Å². The molecule has 6 heteroatoms.